The van der Waals surface area contributed by atoms with Crippen molar-refractivity contribution in [3.63, 3.8) is 0 Å². The van der Waals surface area contributed by atoms with E-state index < -0.39 is 0 Å². The molecule has 0 bridgehead atoms. The molecule has 3 heteroatoms. The van der Waals surface area contributed by atoms with Crippen LogP contribution in [0.4, 0.5) is 0 Å². The first kappa shape index (κ1) is 15.3. The van der Waals surface area contributed by atoms with Crippen molar-refractivity contribution in [2.75, 3.05) is 0 Å². The van der Waals surface area contributed by atoms with E-state index in [1.807, 2.05) is 37.3 Å². The summed E-state index contributed by atoms with van der Waals surface area (Å²) in [6.45, 7) is 2.04. The quantitative estimate of drug-likeness (QED) is 0.902. The Balaban J connectivity index is 0.000000200. The molecule has 2 rings (SSSR count). The number of nitriles is 2. The standard InChI is InChI=1S/C9H9N.C8H7NO/c1-8-2-4-9(5-3-8)6-7-10;9-6-5-7-1-3-8(10)4-2-7/h2-5H,6H2,1H3;1-4,10H,5H2. The number of aromatic hydroxyl groups is 1. The van der Waals surface area contributed by atoms with Crippen LogP contribution < -0.4 is 0 Å². The highest BCUT2D eigenvalue weighted by molar-refractivity contribution is 5.27. The van der Waals surface area contributed by atoms with Gasteiger partial charge in [-0.15, -0.1) is 0 Å². The lowest BCUT2D eigenvalue weighted by Crippen LogP contribution is -1.79. The molecule has 0 atom stereocenters. The van der Waals surface area contributed by atoms with Gasteiger partial charge in [0.2, 0.25) is 0 Å². The van der Waals surface area contributed by atoms with Crippen LogP contribution in [0.3, 0.4) is 0 Å². The molecule has 0 aliphatic rings. The lowest BCUT2D eigenvalue weighted by Gasteiger charge is -1.93. The van der Waals surface area contributed by atoms with Gasteiger partial charge in [-0.25, -0.2) is 0 Å². The third-order valence-corrected chi connectivity index (χ3v) is 2.62. The first-order valence-electron chi connectivity index (χ1n) is 6.23. The largest absolute Gasteiger partial charge is 0.508 e. The van der Waals surface area contributed by atoms with Crippen LogP contribution in [-0.2, 0) is 12.8 Å². The molecule has 3 nitrogen and oxygen atoms in total. The Kier molecular flexibility index (Phi) is 6.37. The fourth-order valence-electron chi connectivity index (χ4n) is 1.50. The number of rotatable bonds is 2. The second kappa shape index (κ2) is 8.34. The van der Waals surface area contributed by atoms with E-state index in [-0.39, 0.29) is 5.75 Å². The maximum atomic E-state index is 8.84. The molecular weight excluding hydrogens is 248 g/mol. The van der Waals surface area contributed by atoms with Gasteiger partial charge in [0.15, 0.2) is 0 Å². The highest BCUT2D eigenvalue weighted by Crippen LogP contribution is 2.09. The van der Waals surface area contributed by atoms with E-state index >= 15 is 0 Å². The maximum Gasteiger partial charge on any atom is 0.115 e. The molecule has 0 fully saturated rings. The van der Waals surface area contributed by atoms with Gasteiger partial charge in [0, 0.05) is 0 Å². The van der Waals surface area contributed by atoms with Crippen molar-refractivity contribution >= 4 is 0 Å². The SMILES string of the molecule is Cc1ccc(CC#N)cc1.N#CCc1ccc(O)cc1. The van der Waals surface area contributed by atoms with E-state index in [9.17, 15) is 0 Å². The number of nitrogens with zero attached hydrogens (tertiary/aromatic N) is 2. The Bertz CT molecular complexity index is 544. The van der Waals surface area contributed by atoms with E-state index in [1.54, 1.807) is 24.3 Å². The molecule has 0 spiro atoms. The number of aryl methyl sites for hydroxylation is 1. The molecular formula is C17H16N2O. The van der Waals surface area contributed by atoms with Gasteiger partial charge in [-0.2, -0.15) is 10.5 Å². The summed E-state index contributed by atoms with van der Waals surface area (Å²) in [5.41, 5.74) is 3.26. The van der Waals surface area contributed by atoms with Crippen LogP contribution >= 0.6 is 0 Å². The topological polar surface area (TPSA) is 67.8 Å². The van der Waals surface area contributed by atoms with E-state index in [4.69, 9.17) is 15.6 Å². The van der Waals surface area contributed by atoms with Crippen molar-refractivity contribution in [2.24, 2.45) is 0 Å². The Labute approximate surface area is 119 Å². The Morgan fingerprint density at radius 1 is 0.800 bits per heavy atom. The molecule has 0 aromatic heterocycles. The summed E-state index contributed by atoms with van der Waals surface area (Å²) in [6.07, 6.45) is 0.917. The first-order chi connectivity index (χ1) is 9.65. The summed E-state index contributed by atoms with van der Waals surface area (Å²) in [4.78, 5) is 0. The average Bonchev–Trinajstić information content (AvgIpc) is 2.45. The van der Waals surface area contributed by atoms with Crippen LogP contribution in [0.25, 0.3) is 0 Å². The van der Waals surface area contributed by atoms with Gasteiger partial charge >= 0.3 is 0 Å². The molecule has 0 saturated heterocycles. The highest BCUT2D eigenvalue weighted by Gasteiger charge is 1.89. The Morgan fingerprint density at radius 3 is 1.60 bits per heavy atom. The smallest absolute Gasteiger partial charge is 0.115 e. The minimum atomic E-state index is 0.238. The van der Waals surface area contributed by atoms with Gasteiger partial charge in [0.1, 0.15) is 5.75 Å². The van der Waals surface area contributed by atoms with Crippen molar-refractivity contribution < 1.29 is 5.11 Å². The minimum Gasteiger partial charge on any atom is -0.508 e. The van der Waals surface area contributed by atoms with Crippen LogP contribution in [-0.4, -0.2) is 5.11 Å². The molecule has 0 radical (unpaired) electrons. The maximum absolute atomic E-state index is 8.84. The zero-order valence-electron chi connectivity index (χ0n) is 11.4. The molecule has 2 aromatic carbocycles. The molecule has 1 N–H and O–H groups in total. The number of hydrogen-bond acceptors (Lipinski definition) is 3. The molecule has 20 heavy (non-hydrogen) atoms. The number of benzene rings is 2. The van der Waals surface area contributed by atoms with E-state index in [0.717, 1.165) is 11.1 Å². The lowest BCUT2D eigenvalue weighted by atomic mass is 10.1. The number of phenolic OH excluding ortho intramolecular Hbond substituents is 1. The third kappa shape index (κ3) is 5.71. The normalized spacial score (nSPS) is 8.75. The van der Waals surface area contributed by atoms with Crippen LogP contribution in [0, 0.1) is 29.6 Å². The zero-order valence-corrected chi connectivity index (χ0v) is 11.4. The van der Waals surface area contributed by atoms with Gasteiger partial charge in [0.25, 0.3) is 0 Å². The molecule has 0 aliphatic carbocycles. The minimum absolute atomic E-state index is 0.238. The van der Waals surface area contributed by atoms with Crippen molar-refractivity contribution in [1.82, 2.24) is 0 Å². The summed E-state index contributed by atoms with van der Waals surface area (Å²) < 4.78 is 0. The predicted molar refractivity (Wildman–Crippen MR) is 77.9 cm³/mol. The summed E-state index contributed by atoms with van der Waals surface area (Å²) in [5.74, 6) is 0.238. The molecule has 0 aliphatic heterocycles. The molecule has 0 unspecified atom stereocenters. The Morgan fingerprint density at radius 2 is 1.20 bits per heavy atom. The van der Waals surface area contributed by atoms with E-state index in [1.165, 1.54) is 5.56 Å². The fraction of sp³-hybridized carbons (Fsp3) is 0.176. The predicted octanol–water partition coefficient (Wildman–Crippen LogP) is 3.52. The van der Waals surface area contributed by atoms with Crippen molar-refractivity contribution in [3.05, 3.63) is 65.2 Å². The monoisotopic (exact) mass is 264 g/mol. The summed E-state index contributed by atoms with van der Waals surface area (Å²) >= 11 is 0. The second-order valence-electron chi connectivity index (χ2n) is 4.32. The first-order valence-corrected chi connectivity index (χ1v) is 6.23. The van der Waals surface area contributed by atoms with Gasteiger partial charge in [-0.05, 0) is 30.2 Å². The molecule has 100 valence electrons. The summed E-state index contributed by atoms with van der Waals surface area (Å²) in [7, 11) is 0. The second-order valence-corrected chi connectivity index (χ2v) is 4.32. The number of hydrogen-bond donors (Lipinski definition) is 1. The van der Waals surface area contributed by atoms with E-state index in [0.29, 0.717) is 12.8 Å². The fourth-order valence-corrected chi connectivity index (χ4v) is 1.50. The molecule has 0 amide bonds. The summed E-state index contributed by atoms with van der Waals surface area (Å²) in [6, 6.07) is 18.8. The third-order valence-electron chi connectivity index (χ3n) is 2.62. The zero-order chi connectivity index (χ0) is 14.8. The van der Waals surface area contributed by atoms with Crippen LogP contribution in [0.1, 0.15) is 16.7 Å². The van der Waals surface area contributed by atoms with Crippen molar-refractivity contribution in [2.45, 2.75) is 19.8 Å². The lowest BCUT2D eigenvalue weighted by molar-refractivity contribution is 0.475. The summed E-state index contributed by atoms with van der Waals surface area (Å²) in [5, 5.41) is 25.5. The van der Waals surface area contributed by atoms with Gasteiger partial charge < -0.3 is 5.11 Å². The van der Waals surface area contributed by atoms with Crippen molar-refractivity contribution in [3.8, 4) is 17.9 Å². The van der Waals surface area contributed by atoms with Crippen LogP contribution in [0.2, 0.25) is 0 Å². The Hall–Kier alpha value is -2.78. The number of phenols is 1. The van der Waals surface area contributed by atoms with Crippen LogP contribution in [0.15, 0.2) is 48.5 Å². The molecule has 2 aromatic rings. The van der Waals surface area contributed by atoms with Gasteiger partial charge in [-0.3, -0.25) is 0 Å². The highest BCUT2D eigenvalue weighted by atomic mass is 16.3. The molecule has 0 heterocycles. The van der Waals surface area contributed by atoms with Gasteiger partial charge in [0.05, 0.1) is 25.0 Å². The van der Waals surface area contributed by atoms with Gasteiger partial charge in [-0.1, -0.05) is 42.0 Å². The van der Waals surface area contributed by atoms with E-state index in [2.05, 4.69) is 6.07 Å². The van der Waals surface area contributed by atoms with Crippen LogP contribution in [0.5, 0.6) is 5.75 Å². The average molecular weight is 264 g/mol. The molecule has 0 saturated carbocycles. The van der Waals surface area contributed by atoms with Crippen molar-refractivity contribution in [1.29, 1.82) is 10.5 Å².